The van der Waals surface area contributed by atoms with E-state index in [-0.39, 0.29) is 42.4 Å². The quantitative estimate of drug-likeness (QED) is 0.540. The van der Waals surface area contributed by atoms with Gasteiger partial charge in [-0.1, -0.05) is 16.8 Å². The summed E-state index contributed by atoms with van der Waals surface area (Å²) in [6.07, 6.45) is 0.0434. The molecule has 11 nitrogen and oxygen atoms in total. The smallest absolute Gasteiger partial charge is 0.317 e. The molecule has 0 aliphatic carbocycles. The summed E-state index contributed by atoms with van der Waals surface area (Å²) in [7, 11) is 2.92. The average molecular weight is 580 g/mol. The number of rotatable bonds is 7. The molecule has 1 aromatic carbocycles. The van der Waals surface area contributed by atoms with Gasteiger partial charge in [0.1, 0.15) is 29.8 Å². The highest BCUT2D eigenvalue weighted by Gasteiger charge is 2.43. The van der Waals surface area contributed by atoms with Crippen molar-refractivity contribution >= 4 is 29.4 Å². The molecule has 4 amide bonds. The summed E-state index contributed by atoms with van der Waals surface area (Å²) in [6.45, 7) is 1.35. The SMILES string of the molecule is CNC(=O)N1CCCC1C(=O)N1CCc2c(Cl)ccc(OCc3nnn(C)c3C(F)F)c2[C@H]1CN1CCCC1=O. The van der Waals surface area contributed by atoms with Crippen LogP contribution in [0.25, 0.3) is 0 Å². The fourth-order valence-electron chi connectivity index (χ4n) is 5.99. The maximum absolute atomic E-state index is 14.0. The van der Waals surface area contributed by atoms with Crippen molar-refractivity contribution in [1.29, 1.82) is 0 Å². The second kappa shape index (κ2) is 11.6. The molecule has 1 unspecified atom stereocenters. The molecule has 1 N–H and O–H groups in total. The van der Waals surface area contributed by atoms with Gasteiger partial charge in [-0.25, -0.2) is 18.3 Å². The summed E-state index contributed by atoms with van der Waals surface area (Å²) in [5.74, 6) is 0.162. The van der Waals surface area contributed by atoms with Gasteiger partial charge in [-0.3, -0.25) is 9.59 Å². The first-order valence-electron chi connectivity index (χ1n) is 13.4. The predicted octanol–water partition coefficient (Wildman–Crippen LogP) is 2.84. The molecule has 5 rings (SSSR count). The van der Waals surface area contributed by atoms with E-state index in [1.54, 1.807) is 26.8 Å². The van der Waals surface area contributed by atoms with Crippen LogP contribution in [-0.2, 0) is 29.7 Å². The number of aromatic nitrogens is 3. The van der Waals surface area contributed by atoms with Gasteiger partial charge in [0.05, 0.1) is 6.04 Å². The minimum absolute atomic E-state index is 0.00184. The Bertz CT molecular complexity index is 1310. The van der Waals surface area contributed by atoms with Crippen LogP contribution in [0, 0.1) is 0 Å². The number of carbonyl (C=O) groups is 3. The maximum Gasteiger partial charge on any atom is 0.317 e. The zero-order chi connectivity index (χ0) is 28.6. The number of carbonyl (C=O) groups excluding carboxylic acids is 3. The minimum atomic E-state index is -2.78. The summed E-state index contributed by atoms with van der Waals surface area (Å²) in [5.41, 5.74) is 1.08. The van der Waals surface area contributed by atoms with Crippen LogP contribution >= 0.6 is 11.6 Å². The van der Waals surface area contributed by atoms with Crippen molar-refractivity contribution in [2.24, 2.45) is 7.05 Å². The van der Waals surface area contributed by atoms with E-state index < -0.39 is 18.5 Å². The van der Waals surface area contributed by atoms with Crippen LogP contribution in [0.15, 0.2) is 12.1 Å². The third-order valence-corrected chi connectivity index (χ3v) is 8.30. The number of nitrogens with zero attached hydrogens (tertiary/aromatic N) is 6. The minimum Gasteiger partial charge on any atom is -0.487 e. The van der Waals surface area contributed by atoms with Crippen LogP contribution in [0.2, 0.25) is 5.02 Å². The van der Waals surface area contributed by atoms with E-state index in [1.807, 2.05) is 0 Å². The second-order valence-electron chi connectivity index (χ2n) is 10.2. The Hall–Kier alpha value is -3.48. The molecule has 3 aliphatic heterocycles. The highest BCUT2D eigenvalue weighted by molar-refractivity contribution is 6.31. The molecule has 4 heterocycles. The topological polar surface area (TPSA) is 113 Å². The highest BCUT2D eigenvalue weighted by Crippen LogP contribution is 2.42. The fourth-order valence-corrected chi connectivity index (χ4v) is 6.25. The van der Waals surface area contributed by atoms with E-state index in [2.05, 4.69) is 15.6 Å². The average Bonchev–Trinajstić information content (AvgIpc) is 3.68. The van der Waals surface area contributed by atoms with Gasteiger partial charge >= 0.3 is 6.03 Å². The molecule has 1 aromatic heterocycles. The van der Waals surface area contributed by atoms with Crippen LogP contribution in [0.5, 0.6) is 5.75 Å². The first-order valence-corrected chi connectivity index (χ1v) is 13.8. The molecular formula is C26H32ClF2N7O4. The van der Waals surface area contributed by atoms with Crippen molar-refractivity contribution in [3.05, 3.63) is 39.7 Å². The lowest BCUT2D eigenvalue weighted by Crippen LogP contribution is -2.54. The number of benzene rings is 1. The Balaban J connectivity index is 1.51. The van der Waals surface area contributed by atoms with Crippen molar-refractivity contribution < 1.29 is 27.9 Å². The standard InChI is InChI=1S/C26H32ClF2N7O4/c1-30-26(39)36-11-3-5-18(36)25(38)35-12-9-15-16(27)7-8-20(22(15)19(35)13-34-10-4-6-21(34)37)40-14-17-23(24(28)29)33(2)32-31-17/h7-8,18-19,24H,3-6,9-14H2,1-2H3,(H,30,39)/t18?,19-/m1/s1. The summed E-state index contributed by atoms with van der Waals surface area (Å²) in [4.78, 5) is 44.2. The molecule has 216 valence electrons. The molecule has 2 saturated heterocycles. The van der Waals surface area contributed by atoms with Crippen LogP contribution < -0.4 is 10.1 Å². The molecular weight excluding hydrogens is 548 g/mol. The Labute approximate surface area is 235 Å². The van der Waals surface area contributed by atoms with Gasteiger partial charge in [0.15, 0.2) is 0 Å². The van der Waals surface area contributed by atoms with Crippen molar-refractivity contribution in [1.82, 2.24) is 35.0 Å². The van der Waals surface area contributed by atoms with E-state index in [1.165, 1.54) is 14.1 Å². The van der Waals surface area contributed by atoms with E-state index in [4.69, 9.17) is 16.3 Å². The number of aryl methyl sites for hydroxylation is 1. The molecule has 2 atom stereocenters. The summed E-state index contributed by atoms with van der Waals surface area (Å²) in [6, 6.07) is 1.79. The van der Waals surface area contributed by atoms with Crippen LogP contribution in [0.4, 0.5) is 13.6 Å². The van der Waals surface area contributed by atoms with Gasteiger partial charge in [0.2, 0.25) is 11.8 Å². The Morgan fingerprint density at radius 2 is 1.98 bits per heavy atom. The highest BCUT2D eigenvalue weighted by atomic mass is 35.5. The largest absolute Gasteiger partial charge is 0.487 e. The number of alkyl halides is 2. The van der Waals surface area contributed by atoms with Gasteiger partial charge < -0.3 is 24.8 Å². The molecule has 14 heteroatoms. The van der Waals surface area contributed by atoms with Crippen LogP contribution in [-0.4, -0.2) is 86.8 Å². The van der Waals surface area contributed by atoms with Gasteiger partial charge in [-0.2, -0.15) is 0 Å². The predicted molar refractivity (Wildman–Crippen MR) is 140 cm³/mol. The number of hydrogen-bond donors (Lipinski definition) is 1. The molecule has 0 bridgehead atoms. The summed E-state index contributed by atoms with van der Waals surface area (Å²) in [5, 5.41) is 10.6. The van der Waals surface area contributed by atoms with Gasteiger partial charge in [0.25, 0.3) is 6.43 Å². The molecule has 0 radical (unpaired) electrons. The van der Waals surface area contributed by atoms with Gasteiger partial charge in [-0.05, 0) is 43.4 Å². The molecule has 0 spiro atoms. The number of amides is 4. The van der Waals surface area contributed by atoms with Crippen molar-refractivity contribution in [2.75, 3.05) is 33.2 Å². The number of ether oxygens (including phenoxy) is 1. The van der Waals surface area contributed by atoms with Gasteiger partial charge in [0, 0.05) is 57.3 Å². The zero-order valence-electron chi connectivity index (χ0n) is 22.4. The molecule has 2 aromatic rings. The Morgan fingerprint density at radius 1 is 1.18 bits per heavy atom. The fraction of sp³-hybridized carbons (Fsp3) is 0.577. The molecule has 0 saturated carbocycles. The van der Waals surface area contributed by atoms with Crippen LogP contribution in [0.1, 0.15) is 60.7 Å². The number of urea groups is 1. The zero-order valence-corrected chi connectivity index (χ0v) is 23.2. The lowest BCUT2D eigenvalue weighted by atomic mass is 9.90. The number of fused-ring (bicyclic) bond motifs is 1. The number of halogens is 3. The Kier molecular flexibility index (Phi) is 8.11. The number of likely N-dealkylation sites (tertiary alicyclic amines) is 2. The number of nitrogens with one attached hydrogen (secondary N) is 1. The monoisotopic (exact) mass is 579 g/mol. The lowest BCUT2D eigenvalue weighted by Gasteiger charge is -2.42. The second-order valence-corrected chi connectivity index (χ2v) is 10.6. The first kappa shape index (κ1) is 28.1. The molecule has 3 aliphatic rings. The molecule has 2 fully saturated rings. The third kappa shape index (κ3) is 5.18. The third-order valence-electron chi connectivity index (χ3n) is 7.95. The Morgan fingerprint density at radius 3 is 2.67 bits per heavy atom. The van der Waals surface area contributed by atoms with Crippen molar-refractivity contribution in [2.45, 2.75) is 57.2 Å². The van der Waals surface area contributed by atoms with Crippen molar-refractivity contribution in [3.8, 4) is 5.75 Å². The summed E-state index contributed by atoms with van der Waals surface area (Å²) >= 11 is 6.62. The normalized spacial score (nSPS) is 20.9. The van der Waals surface area contributed by atoms with E-state index in [0.29, 0.717) is 61.7 Å². The lowest BCUT2D eigenvalue weighted by molar-refractivity contribution is -0.140. The molecule has 40 heavy (non-hydrogen) atoms. The number of hydrogen-bond acceptors (Lipinski definition) is 6. The van der Waals surface area contributed by atoms with Gasteiger partial charge in [-0.15, -0.1) is 5.10 Å². The van der Waals surface area contributed by atoms with Crippen molar-refractivity contribution in [3.63, 3.8) is 0 Å². The van der Waals surface area contributed by atoms with Crippen LogP contribution in [0.3, 0.4) is 0 Å². The van der Waals surface area contributed by atoms with E-state index in [9.17, 15) is 23.2 Å². The summed E-state index contributed by atoms with van der Waals surface area (Å²) < 4.78 is 34.3. The first-order chi connectivity index (χ1) is 19.2. The van der Waals surface area contributed by atoms with E-state index in [0.717, 1.165) is 16.7 Å². The van der Waals surface area contributed by atoms with E-state index >= 15 is 0 Å². The maximum atomic E-state index is 14.0.